The Morgan fingerprint density at radius 3 is 2.70 bits per heavy atom. The number of sulfonamides is 1. The number of H-pyrrole nitrogens is 1. The van der Waals surface area contributed by atoms with Crippen LogP contribution >= 0.6 is 23.2 Å². The second-order valence-electron chi connectivity index (χ2n) is 4.24. The Morgan fingerprint density at radius 1 is 1.35 bits per heavy atom. The molecular weight excluding hydrogens is 321 g/mol. The van der Waals surface area contributed by atoms with E-state index in [0.29, 0.717) is 22.2 Å². The van der Waals surface area contributed by atoms with Crippen molar-refractivity contribution in [2.75, 3.05) is 6.54 Å². The molecule has 0 amide bonds. The van der Waals surface area contributed by atoms with Gasteiger partial charge in [-0.15, -0.1) is 0 Å². The van der Waals surface area contributed by atoms with Crippen molar-refractivity contribution in [1.82, 2.24) is 14.9 Å². The fraction of sp³-hybridized carbons (Fsp3) is 0.250. The molecule has 0 saturated heterocycles. The average molecular weight is 334 g/mol. The van der Waals surface area contributed by atoms with E-state index in [9.17, 15) is 8.42 Å². The zero-order valence-corrected chi connectivity index (χ0v) is 13.0. The molecule has 0 aliphatic carbocycles. The van der Waals surface area contributed by atoms with Gasteiger partial charge in [0, 0.05) is 16.6 Å². The number of aromatic nitrogens is 2. The van der Waals surface area contributed by atoms with E-state index in [1.54, 1.807) is 25.1 Å². The predicted molar refractivity (Wildman–Crippen MR) is 78.7 cm³/mol. The van der Waals surface area contributed by atoms with Gasteiger partial charge in [-0.2, -0.15) is 5.10 Å². The topological polar surface area (TPSA) is 74.8 Å². The Morgan fingerprint density at radius 2 is 2.10 bits per heavy atom. The average Bonchev–Trinajstić information content (AvgIpc) is 2.79. The molecule has 1 aromatic heterocycles. The molecule has 108 valence electrons. The summed E-state index contributed by atoms with van der Waals surface area (Å²) < 4.78 is 26.5. The summed E-state index contributed by atoms with van der Waals surface area (Å²) in [4.78, 5) is 0.153. The second kappa shape index (κ2) is 6.13. The van der Waals surface area contributed by atoms with E-state index in [2.05, 4.69) is 14.9 Å². The van der Waals surface area contributed by atoms with Crippen LogP contribution in [0.15, 0.2) is 29.3 Å². The van der Waals surface area contributed by atoms with Crippen LogP contribution in [0.2, 0.25) is 10.0 Å². The number of benzene rings is 1. The van der Waals surface area contributed by atoms with E-state index < -0.39 is 10.0 Å². The fourth-order valence-corrected chi connectivity index (χ4v) is 3.40. The van der Waals surface area contributed by atoms with Crippen LogP contribution in [-0.2, 0) is 16.4 Å². The summed E-state index contributed by atoms with van der Waals surface area (Å²) in [5.74, 6) is 0. The third-order valence-corrected chi connectivity index (χ3v) is 4.94. The lowest BCUT2D eigenvalue weighted by Crippen LogP contribution is -2.26. The van der Waals surface area contributed by atoms with Crippen LogP contribution in [0.25, 0.3) is 0 Å². The normalized spacial score (nSPS) is 11.8. The van der Waals surface area contributed by atoms with Gasteiger partial charge < -0.3 is 0 Å². The molecule has 0 atom stereocenters. The van der Waals surface area contributed by atoms with Crippen molar-refractivity contribution in [3.63, 3.8) is 0 Å². The number of aromatic amines is 1. The lowest BCUT2D eigenvalue weighted by molar-refractivity contribution is 0.581. The van der Waals surface area contributed by atoms with Gasteiger partial charge >= 0.3 is 0 Å². The first-order chi connectivity index (χ1) is 9.40. The molecule has 0 spiro atoms. The summed E-state index contributed by atoms with van der Waals surface area (Å²) in [6, 6.07) is 5.13. The molecule has 0 saturated carbocycles. The zero-order chi connectivity index (χ0) is 14.8. The molecule has 0 aliphatic rings. The first kappa shape index (κ1) is 15.3. The van der Waals surface area contributed by atoms with Crippen LogP contribution in [0.4, 0.5) is 0 Å². The maximum absolute atomic E-state index is 12.0. The minimum atomic E-state index is -3.55. The molecule has 2 aromatic rings. The largest absolute Gasteiger partial charge is 0.281 e. The number of halogens is 2. The van der Waals surface area contributed by atoms with E-state index in [4.69, 9.17) is 23.2 Å². The lowest BCUT2D eigenvalue weighted by Gasteiger charge is -2.07. The summed E-state index contributed by atoms with van der Waals surface area (Å²) in [5.41, 5.74) is 1.34. The van der Waals surface area contributed by atoms with Crippen LogP contribution in [-0.4, -0.2) is 25.2 Å². The molecule has 2 rings (SSSR count). The molecule has 2 N–H and O–H groups in total. The maximum Gasteiger partial charge on any atom is 0.243 e. The standard InChI is InChI=1S/C12H13Cl2N3O2S/c1-8-12(7-15-17-8)20(18,19)16-5-4-9-2-3-10(13)6-11(9)14/h2-3,6-7,16H,4-5H2,1H3,(H,15,17). The van der Waals surface area contributed by atoms with Crippen molar-refractivity contribution in [2.45, 2.75) is 18.2 Å². The number of hydrogen-bond donors (Lipinski definition) is 2. The van der Waals surface area contributed by atoms with E-state index in [1.807, 2.05) is 0 Å². The SMILES string of the molecule is Cc1[nH]ncc1S(=O)(=O)NCCc1ccc(Cl)cc1Cl. The first-order valence-electron chi connectivity index (χ1n) is 5.84. The number of hydrogen-bond acceptors (Lipinski definition) is 3. The van der Waals surface area contributed by atoms with Gasteiger partial charge in [-0.1, -0.05) is 29.3 Å². The smallest absolute Gasteiger partial charge is 0.243 e. The Balaban J connectivity index is 2.01. The van der Waals surface area contributed by atoms with Crippen molar-refractivity contribution >= 4 is 33.2 Å². The Labute approximate surface area is 127 Å². The maximum atomic E-state index is 12.0. The van der Waals surface area contributed by atoms with Crippen molar-refractivity contribution in [2.24, 2.45) is 0 Å². The number of aryl methyl sites for hydroxylation is 1. The highest BCUT2D eigenvalue weighted by Crippen LogP contribution is 2.21. The lowest BCUT2D eigenvalue weighted by atomic mass is 10.1. The van der Waals surface area contributed by atoms with Gasteiger partial charge in [0.15, 0.2) is 0 Å². The van der Waals surface area contributed by atoms with Crippen molar-refractivity contribution in [3.05, 3.63) is 45.7 Å². The van der Waals surface area contributed by atoms with Gasteiger partial charge in [0.1, 0.15) is 4.90 Å². The van der Waals surface area contributed by atoms with E-state index in [-0.39, 0.29) is 11.4 Å². The minimum absolute atomic E-state index is 0.153. The van der Waals surface area contributed by atoms with Crippen LogP contribution in [0.5, 0.6) is 0 Å². The van der Waals surface area contributed by atoms with Gasteiger partial charge in [-0.05, 0) is 31.0 Å². The summed E-state index contributed by atoms with van der Waals surface area (Å²) in [6.45, 7) is 1.89. The Hall–Kier alpha value is -1.08. The highest BCUT2D eigenvalue weighted by molar-refractivity contribution is 7.89. The molecule has 0 aliphatic heterocycles. The molecular formula is C12H13Cl2N3O2S. The van der Waals surface area contributed by atoms with Gasteiger partial charge in [0.05, 0.1) is 11.9 Å². The summed E-state index contributed by atoms with van der Waals surface area (Å²) in [7, 11) is -3.55. The quantitative estimate of drug-likeness (QED) is 0.882. The molecule has 20 heavy (non-hydrogen) atoms. The summed E-state index contributed by atoms with van der Waals surface area (Å²) in [6.07, 6.45) is 1.76. The van der Waals surface area contributed by atoms with Gasteiger partial charge in [0.2, 0.25) is 10.0 Å². The van der Waals surface area contributed by atoms with Crippen LogP contribution < -0.4 is 4.72 Å². The number of nitrogens with one attached hydrogen (secondary N) is 2. The van der Waals surface area contributed by atoms with E-state index >= 15 is 0 Å². The molecule has 0 unspecified atom stereocenters. The van der Waals surface area contributed by atoms with Gasteiger partial charge in [0.25, 0.3) is 0 Å². The second-order valence-corrected chi connectivity index (χ2v) is 6.82. The van der Waals surface area contributed by atoms with E-state index in [0.717, 1.165) is 5.56 Å². The molecule has 0 bridgehead atoms. The molecule has 0 radical (unpaired) electrons. The summed E-state index contributed by atoms with van der Waals surface area (Å²) >= 11 is 11.8. The van der Waals surface area contributed by atoms with Crippen LogP contribution in [0, 0.1) is 6.92 Å². The molecule has 1 heterocycles. The number of rotatable bonds is 5. The molecule has 1 aromatic carbocycles. The van der Waals surface area contributed by atoms with Gasteiger partial charge in [-0.25, -0.2) is 13.1 Å². The minimum Gasteiger partial charge on any atom is -0.281 e. The third-order valence-electron chi connectivity index (χ3n) is 2.77. The highest BCUT2D eigenvalue weighted by Gasteiger charge is 2.17. The molecule has 5 nitrogen and oxygen atoms in total. The summed E-state index contributed by atoms with van der Waals surface area (Å²) in [5, 5.41) is 7.37. The predicted octanol–water partition coefficient (Wildman–Crippen LogP) is 2.55. The molecule has 8 heteroatoms. The van der Waals surface area contributed by atoms with E-state index in [1.165, 1.54) is 6.20 Å². The van der Waals surface area contributed by atoms with Crippen molar-refractivity contribution in [1.29, 1.82) is 0 Å². The van der Waals surface area contributed by atoms with Gasteiger partial charge in [-0.3, -0.25) is 5.10 Å². The zero-order valence-electron chi connectivity index (χ0n) is 10.7. The highest BCUT2D eigenvalue weighted by atomic mass is 35.5. The van der Waals surface area contributed by atoms with Crippen molar-refractivity contribution in [3.8, 4) is 0 Å². The Kier molecular flexibility index (Phi) is 4.70. The Bertz CT molecular complexity index is 713. The van der Waals surface area contributed by atoms with Crippen LogP contribution in [0.1, 0.15) is 11.3 Å². The first-order valence-corrected chi connectivity index (χ1v) is 8.07. The van der Waals surface area contributed by atoms with Crippen molar-refractivity contribution < 1.29 is 8.42 Å². The monoisotopic (exact) mass is 333 g/mol. The fourth-order valence-electron chi connectivity index (χ4n) is 1.73. The third kappa shape index (κ3) is 3.52. The van der Waals surface area contributed by atoms with Crippen LogP contribution in [0.3, 0.4) is 0 Å². The number of nitrogens with zero attached hydrogens (tertiary/aromatic N) is 1. The molecule has 0 fully saturated rings.